The van der Waals surface area contributed by atoms with Gasteiger partial charge in [-0.1, -0.05) is 31.2 Å². The summed E-state index contributed by atoms with van der Waals surface area (Å²) in [7, 11) is 0. The number of aliphatic hydroxyl groups excluding tert-OH is 1. The third-order valence-electron chi connectivity index (χ3n) is 4.27. The van der Waals surface area contributed by atoms with Crippen LogP contribution in [-0.2, 0) is 17.8 Å². The number of carbonyl (C=O) groups is 1. The van der Waals surface area contributed by atoms with Gasteiger partial charge in [-0.15, -0.1) is 0 Å². The molecule has 1 aromatic rings. The molecule has 1 heterocycles. The molecule has 0 spiro atoms. The van der Waals surface area contributed by atoms with Gasteiger partial charge in [-0.3, -0.25) is 4.79 Å². The van der Waals surface area contributed by atoms with Crippen molar-refractivity contribution in [2.24, 2.45) is 0 Å². The second-order valence-corrected chi connectivity index (χ2v) is 5.78. The number of rotatable bonds is 5. The third-order valence-corrected chi connectivity index (χ3v) is 4.27. The van der Waals surface area contributed by atoms with Gasteiger partial charge in [-0.2, -0.15) is 0 Å². The molecule has 0 saturated carbocycles. The third kappa shape index (κ3) is 3.38. The number of aliphatic hydroxyl groups is 1. The fourth-order valence-electron chi connectivity index (χ4n) is 2.60. The summed E-state index contributed by atoms with van der Waals surface area (Å²) in [5.74, 6) is 0.0253. The zero-order chi connectivity index (χ0) is 14.6. The van der Waals surface area contributed by atoms with Gasteiger partial charge in [0.15, 0.2) is 0 Å². The average molecular weight is 276 g/mol. The molecule has 3 N–H and O–H groups in total. The van der Waals surface area contributed by atoms with E-state index in [2.05, 4.69) is 22.8 Å². The molecule has 1 aromatic carbocycles. The molecule has 110 valence electrons. The van der Waals surface area contributed by atoms with E-state index in [1.165, 1.54) is 11.1 Å². The lowest BCUT2D eigenvalue weighted by atomic mass is 9.92. The number of carbonyl (C=O) groups excluding carboxylic acids is 1. The van der Waals surface area contributed by atoms with Gasteiger partial charge in [0.2, 0.25) is 5.91 Å². The molecule has 1 amide bonds. The van der Waals surface area contributed by atoms with Crippen LogP contribution in [-0.4, -0.2) is 29.2 Å². The van der Waals surface area contributed by atoms with Gasteiger partial charge in [0.05, 0.1) is 6.04 Å². The Kier molecular flexibility index (Phi) is 4.78. The molecule has 0 aromatic heterocycles. The molecular formula is C16H24N2O2. The number of hydrogen-bond donors (Lipinski definition) is 3. The highest BCUT2D eigenvalue weighted by Crippen LogP contribution is 2.18. The first-order chi connectivity index (χ1) is 9.58. The summed E-state index contributed by atoms with van der Waals surface area (Å²) in [5.41, 5.74) is 2.18. The first-order valence-corrected chi connectivity index (χ1v) is 7.31. The molecule has 0 radical (unpaired) electrons. The average Bonchev–Trinajstić information content (AvgIpc) is 2.47. The standard InChI is InChI=1S/C16H24N2O2/c1-3-16(2,8-9-19)18-15(20)14-10-12-6-4-5-7-13(12)11-17-14/h4-7,14,17,19H,3,8-11H2,1-2H3,(H,18,20)/t14-,16?/m0/s1. The minimum atomic E-state index is -0.329. The van der Waals surface area contributed by atoms with E-state index in [9.17, 15) is 4.79 Å². The molecule has 2 rings (SSSR count). The molecule has 0 bridgehead atoms. The molecule has 0 fully saturated rings. The molecule has 1 unspecified atom stereocenters. The van der Waals surface area contributed by atoms with Gasteiger partial charge in [0.25, 0.3) is 0 Å². The maximum absolute atomic E-state index is 12.4. The van der Waals surface area contributed by atoms with Crippen LogP contribution in [0.2, 0.25) is 0 Å². The molecule has 1 aliphatic rings. The highest BCUT2D eigenvalue weighted by Gasteiger charge is 2.29. The van der Waals surface area contributed by atoms with E-state index in [-0.39, 0.29) is 24.1 Å². The van der Waals surface area contributed by atoms with Crippen LogP contribution in [0.25, 0.3) is 0 Å². The monoisotopic (exact) mass is 276 g/mol. The molecule has 1 aliphatic heterocycles. The predicted octanol–water partition coefficient (Wildman–Crippen LogP) is 1.37. The van der Waals surface area contributed by atoms with Crippen molar-refractivity contribution in [3.63, 3.8) is 0 Å². The van der Waals surface area contributed by atoms with Crippen LogP contribution >= 0.6 is 0 Å². The summed E-state index contributed by atoms with van der Waals surface area (Å²) in [6.45, 7) is 4.83. The number of fused-ring (bicyclic) bond motifs is 1. The lowest BCUT2D eigenvalue weighted by Crippen LogP contribution is -2.55. The molecule has 20 heavy (non-hydrogen) atoms. The molecule has 4 heteroatoms. The van der Waals surface area contributed by atoms with Crippen LogP contribution in [0.5, 0.6) is 0 Å². The fourth-order valence-corrected chi connectivity index (χ4v) is 2.60. The van der Waals surface area contributed by atoms with Crippen LogP contribution in [0, 0.1) is 0 Å². The molecular weight excluding hydrogens is 252 g/mol. The first kappa shape index (κ1) is 15.0. The van der Waals surface area contributed by atoms with E-state index in [0.29, 0.717) is 6.42 Å². The molecule has 4 nitrogen and oxygen atoms in total. The Labute approximate surface area is 120 Å². The van der Waals surface area contributed by atoms with Crippen molar-refractivity contribution >= 4 is 5.91 Å². The Balaban J connectivity index is 2.01. The van der Waals surface area contributed by atoms with Crippen LogP contribution in [0.15, 0.2) is 24.3 Å². The van der Waals surface area contributed by atoms with E-state index < -0.39 is 0 Å². The lowest BCUT2D eigenvalue weighted by Gasteiger charge is -2.33. The van der Waals surface area contributed by atoms with Crippen molar-refractivity contribution in [1.82, 2.24) is 10.6 Å². The van der Waals surface area contributed by atoms with Crippen LogP contribution in [0.4, 0.5) is 0 Å². The largest absolute Gasteiger partial charge is 0.396 e. The molecule has 0 aliphatic carbocycles. The van der Waals surface area contributed by atoms with Crippen molar-refractivity contribution in [1.29, 1.82) is 0 Å². The Hall–Kier alpha value is -1.39. The van der Waals surface area contributed by atoms with E-state index >= 15 is 0 Å². The predicted molar refractivity (Wildman–Crippen MR) is 79.3 cm³/mol. The Morgan fingerprint density at radius 2 is 2.15 bits per heavy atom. The number of hydrogen-bond acceptors (Lipinski definition) is 3. The van der Waals surface area contributed by atoms with Gasteiger partial charge >= 0.3 is 0 Å². The summed E-state index contributed by atoms with van der Waals surface area (Å²) >= 11 is 0. The van der Waals surface area contributed by atoms with Gasteiger partial charge in [0, 0.05) is 18.7 Å². The smallest absolute Gasteiger partial charge is 0.237 e. The quantitative estimate of drug-likeness (QED) is 0.761. The summed E-state index contributed by atoms with van der Waals surface area (Å²) in [5, 5.41) is 15.5. The van der Waals surface area contributed by atoms with Gasteiger partial charge in [-0.05, 0) is 37.3 Å². The SMILES string of the molecule is CCC(C)(CCO)NC(=O)[C@@H]1Cc2ccccc2CN1. The van der Waals surface area contributed by atoms with E-state index in [1.54, 1.807) is 0 Å². The van der Waals surface area contributed by atoms with Gasteiger partial charge in [-0.25, -0.2) is 0 Å². The van der Waals surface area contributed by atoms with Crippen molar-refractivity contribution in [3.05, 3.63) is 35.4 Å². The van der Waals surface area contributed by atoms with E-state index in [4.69, 9.17) is 5.11 Å². The minimum Gasteiger partial charge on any atom is -0.396 e. The van der Waals surface area contributed by atoms with Crippen molar-refractivity contribution in [2.45, 2.75) is 51.2 Å². The van der Waals surface area contributed by atoms with Crippen molar-refractivity contribution < 1.29 is 9.90 Å². The van der Waals surface area contributed by atoms with E-state index in [0.717, 1.165) is 19.4 Å². The van der Waals surface area contributed by atoms with Gasteiger partial charge in [0.1, 0.15) is 0 Å². The van der Waals surface area contributed by atoms with Crippen molar-refractivity contribution in [2.75, 3.05) is 6.61 Å². The molecule has 2 atom stereocenters. The summed E-state index contributed by atoms with van der Waals surface area (Å²) in [6, 6.07) is 8.04. The maximum Gasteiger partial charge on any atom is 0.237 e. The maximum atomic E-state index is 12.4. The van der Waals surface area contributed by atoms with Crippen LogP contribution in [0.1, 0.15) is 37.8 Å². The van der Waals surface area contributed by atoms with Crippen molar-refractivity contribution in [3.8, 4) is 0 Å². The summed E-state index contributed by atoms with van der Waals surface area (Å²) in [4.78, 5) is 12.4. The normalized spacial score (nSPS) is 20.9. The zero-order valence-electron chi connectivity index (χ0n) is 12.3. The lowest BCUT2D eigenvalue weighted by molar-refractivity contribution is -0.125. The Morgan fingerprint density at radius 3 is 2.80 bits per heavy atom. The topological polar surface area (TPSA) is 61.4 Å². The summed E-state index contributed by atoms with van der Waals surface area (Å²) < 4.78 is 0. The number of amides is 1. The zero-order valence-corrected chi connectivity index (χ0v) is 12.3. The Bertz CT molecular complexity index is 475. The van der Waals surface area contributed by atoms with Crippen LogP contribution in [0.3, 0.4) is 0 Å². The highest BCUT2D eigenvalue weighted by atomic mass is 16.3. The second-order valence-electron chi connectivity index (χ2n) is 5.78. The first-order valence-electron chi connectivity index (χ1n) is 7.31. The van der Waals surface area contributed by atoms with Gasteiger partial charge < -0.3 is 15.7 Å². The Morgan fingerprint density at radius 1 is 1.45 bits per heavy atom. The summed E-state index contributed by atoms with van der Waals surface area (Å²) in [6.07, 6.45) is 2.11. The highest BCUT2D eigenvalue weighted by molar-refractivity contribution is 5.83. The van der Waals surface area contributed by atoms with Crippen LogP contribution < -0.4 is 10.6 Å². The number of benzene rings is 1. The fraction of sp³-hybridized carbons (Fsp3) is 0.562. The van der Waals surface area contributed by atoms with E-state index in [1.807, 2.05) is 26.0 Å². The number of nitrogens with one attached hydrogen (secondary N) is 2. The minimum absolute atomic E-state index is 0.0253. The molecule has 0 saturated heterocycles. The second kappa shape index (κ2) is 6.37.